The van der Waals surface area contributed by atoms with Gasteiger partial charge in [0.25, 0.3) is 10.0 Å². The van der Waals surface area contributed by atoms with Gasteiger partial charge in [0, 0.05) is 37.1 Å². The Hall–Kier alpha value is -1.83. The Balaban J connectivity index is 1.66. The zero-order valence-corrected chi connectivity index (χ0v) is 18.1. The lowest BCUT2D eigenvalue weighted by atomic mass is 10.3. The summed E-state index contributed by atoms with van der Waals surface area (Å²) in [7, 11) is -7.38. The molecule has 0 saturated carbocycles. The summed E-state index contributed by atoms with van der Waals surface area (Å²) in [5, 5.41) is 2.56. The second-order valence-corrected chi connectivity index (χ2v) is 11.4. The zero-order chi connectivity index (χ0) is 21.1. The van der Waals surface area contributed by atoms with Crippen LogP contribution in [0.15, 0.2) is 45.5 Å². The molecule has 0 atom stereocenters. The number of hydrogen-bond donors (Lipinski definition) is 2. The van der Waals surface area contributed by atoms with Crippen molar-refractivity contribution < 1.29 is 26.4 Å². The van der Waals surface area contributed by atoms with Crippen LogP contribution in [0.25, 0.3) is 0 Å². The number of nitrogens with one attached hydrogen (secondary N) is 2. The molecule has 2 aromatic rings. The van der Waals surface area contributed by atoms with Crippen molar-refractivity contribution in [1.82, 2.24) is 9.03 Å². The average Bonchev–Trinajstić information content (AvgIpc) is 3.17. The van der Waals surface area contributed by atoms with Gasteiger partial charge in [0.05, 0.1) is 18.1 Å². The van der Waals surface area contributed by atoms with E-state index in [-0.39, 0.29) is 21.6 Å². The maximum Gasteiger partial charge on any atom is 0.252 e. The first-order valence-electron chi connectivity index (χ1n) is 8.72. The molecular formula is C17H21N3O6S3. The van der Waals surface area contributed by atoms with E-state index in [4.69, 9.17) is 4.74 Å². The summed E-state index contributed by atoms with van der Waals surface area (Å²) in [6.45, 7) is 2.66. The van der Waals surface area contributed by atoms with Crippen LogP contribution < -0.4 is 10.0 Å². The number of amides is 1. The van der Waals surface area contributed by atoms with Gasteiger partial charge in [0.15, 0.2) is 0 Å². The fourth-order valence-electron chi connectivity index (χ4n) is 2.68. The number of thiophene rings is 1. The number of sulfonamides is 2. The summed E-state index contributed by atoms with van der Waals surface area (Å²) in [6.07, 6.45) is 0. The van der Waals surface area contributed by atoms with Crippen molar-refractivity contribution in [3.05, 3.63) is 41.3 Å². The number of morpholine rings is 1. The molecule has 2 heterocycles. The highest BCUT2D eigenvalue weighted by molar-refractivity contribution is 7.91. The summed E-state index contributed by atoms with van der Waals surface area (Å²) >= 11 is 1.03. The van der Waals surface area contributed by atoms with Crippen LogP contribution in [0.4, 0.5) is 5.69 Å². The van der Waals surface area contributed by atoms with Crippen LogP contribution in [0, 0.1) is 0 Å². The lowest BCUT2D eigenvalue weighted by Crippen LogP contribution is -2.40. The first-order valence-corrected chi connectivity index (χ1v) is 12.5. The molecule has 0 bridgehead atoms. The van der Waals surface area contributed by atoms with Crippen LogP contribution in [0.2, 0.25) is 0 Å². The standard InChI is InChI=1S/C17H21N3O6S3/c1-13(21)19-14-2-5-16(6-3-14)28(22,23)18-12-15-4-7-17(27-15)29(24,25)20-8-10-26-11-9-20/h2-7,18H,8-12H2,1H3,(H,19,21). The van der Waals surface area contributed by atoms with E-state index in [0.29, 0.717) is 36.9 Å². The highest BCUT2D eigenvalue weighted by Crippen LogP contribution is 2.26. The van der Waals surface area contributed by atoms with Crippen molar-refractivity contribution in [2.45, 2.75) is 22.6 Å². The summed E-state index contributed by atoms with van der Waals surface area (Å²) in [4.78, 5) is 11.7. The topological polar surface area (TPSA) is 122 Å². The third-order valence-corrected chi connectivity index (χ3v) is 8.99. The van der Waals surface area contributed by atoms with Crippen LogP contribution in [0.5, 0.6) is 0 Å². The van der Waals surface area contributed by atoms with Gasteiger partial charge in [-0.25, -0.2) is 21.6 Å². The SMILES string of the molecule is CC(=O)Nc1ccc(S(=O)(=O)NCc2ccc(S(=O)(=O)N3CCOCC3)s2)cc1. The van der Waals surface area contributed by atoms with Gasteiger partial charge in [0.1, 0.15) is 4.21 Å². The van der Waals surface area contributed by atoms with Gasteiger partial charge in [-0.3, -0.25) is 4.79 Å². The Morgan fingerprint density at radius 3 is 2.34 bits per heavy atom. The Morgan fingerprint density at radius 1 is 1.07 bits per heavy atom. The van der Waals surface area contributed by atoms with E-state index in [9.17, 15) is 21.6 Å². The minimum atomic E-state index is -3.78. The second kappa shape index (κ2) is 8.90. The van der Waals surface area contributed by atoms with Crippen LogP contribution in [0.1, 0.15) is 11.8 Å². The number of carbonyl (C=O) groups excluding carboxylic acids is 1. The molecule has 9 nitrogen and oxygen atoms in total. The molecule has 1 aromatic carbocycles. The van der Waals surface area contributed by atoms with E-state index in [2.05, 4.69) is 10.0 Å². The summed E-state index contributed by atoms with van der Waals surface area (Å²) < 4.78 is 59.4. The fourth-order valence-corrected chi connectivity index (χ4v) is 6.63. The minimum Gasteiger partial charge on any atom is -0.379 e. The van der Waals surface area contributed by atoms with E-state index >= 15 is 0 Å². The number of carbonyl (C=O) groups is 1. The van der Waals surface area contributed by atoms with Gasteiger partial charge in [0.2, 0.25) is 15.9 Å². The van der Waals surface area contributed by atoms with Gasteiger partial charge in [-0.05, 0) is 36.4 Å². The molecule has 1 aromatic heterocycles. The molecule has 0 unspecified atom stereocenters. The number of nitrogens with zero attached hydrogens (tertiary/aromatic N) is 1. The molecule has 1 amide bonds. The first-order chi connectivity index (χ1) is 13.7. The van der Waals surface area contributed by atoms with Gasteiger partial charge in [-0.15, -0.1) is 11.3 Å². The second-order valence-electron chi connectivity index (χ2n) is 6.27. The largest absolute Gasteiger partial charge is 0.379 e. The maximum atomic E-state index is 12.6. The molecule has 158 valence electrons. The monoisotopic (exact) mass is 459 g/mol. The van der Waals surface area contributed by atoms with E-state index in [1.807, 2.05) is 0 Å². The van der Waals surface area contributed by atoms with Gasteiger partial charge in [-0.1, -0.05) is 0 Å². The summed E-state index contributed by atoms with van der Waals surface area (Å²) in [5.41, 5.74) is 0.493. The number of ether oxygens (including phenoxy) is 1. The zero-order valence-electron chi connectivity index (χ0n) is 15.6. The van der Waals surface area contributed by atoms with Crippen molar-refractivity contribution >= 4 is 43.0 Å². The molecule has 1 aliphatic heterocycles. The smallest absolute Gasteiger partial charge is 0.252 e. The van der Waals surface area contributed by atoms with Crippen molar-refractivity contribution in [2.75, 3.05) is 31.6 Å². The molecule has 1 fully saturated rings. The van der Waals surface area contributed by atoms with E-state index < -0.39 is 20.0 Å². The molecular weight excluding hydrogens is 438 g/mol. The van der Waals surface area contributed by atoms with E-state index in [1.165, 1.54) is 41.6 Å². The number of rotatable bonds is 7. The van der Waals surface area contributed by atoms with E-state index in [0.717, 1.165) is 11.3 Å². The van der Waals surface area contributed by atoms with Crippen molar-refractivity contribution in [1.29, 1.82) is 0 Å². The number of hydrogen-bond acceptors (Lipinski definition) is 7. The van der Waals surface area contributed by atoms with Crippen molar-refractivity contribution in [3.8, 4) is 0 Å². The number of benzene rings is 1. The van der Waals surface area contributed by atoms with Crippen molar-refractivity contribution in [2.24, 2.45) is 0 Å². The molecule has 1 saturated heterocycles. The highest BCUT2D eigenvalue weighted by atomic mass is 32.2. The highest BCUT2D eigenvalue weighted by Gasteiger charge is 2.27. The Kier molecular flexibility index (Phi) is 6.71. The molecule has 29 heavy (non-hydrogen) atoms. The minimum absolute atomic E-state index is 0.0287. The Morgan fingerprint density at radius 2 is 1.72 bits per heavy atom. The van der Waals surface area contributed by atoms with Crippen LogP contribution in [0.3, 0.4) is 0 Å². The van der Waals surface area contributed by atoms with E-state index in [1.54, 1.807) is 6.07 Å². The average molecular weight is 460 g/mol. The molecule has 0 aliphatic carbocycles. The lowest BCUT2D eigenvalue weighted by Gasteiger charge is -2.25. The van der Waals surface area contributed by atoms with Crippen molar-refractivity contribution in [3.63, 3.8) is 0 Å². The maximum absolute atomic E-state index is 12.6. The predicted molar refractivity (Wildman–Crippen MR) is 109 cm³/mol. The van der Waals surface area contributed by atoms with Crippen LogP contribution in [-0.4, -0.2) is 53.4 Å². The normalized spacial score (nSPS) is 15.9. The third kappa shape index (κ3) is 5.41. The molecule has 3 rings (SSSR count). The van der Waals surface area contributed by atoms with Crippen LogP contribution >= 0.6 is 11.3 Å². The molecule has 12 heteroatoms. The fraction of sp³-hybridized carbons (Fsp3) is 0.353. The summed E-state index contributed by atoms with van der Waals surface area (Å²) in [5.74, 6) is -0.251. The van der Waals surface area contributed by atoms with Crippen LogP contribution in [-0.2, 0) is 36.1 Å². The quantitative estimate of drug-likeness (QED) is 0.642. The molecule has 0 spiro atoms. The molecule has 1 aliphatic rings. The van der Waals surface area contributed by atoms with Gasteiger partial charge < -0.3 is 10.1 Å². The molecule has 2 N–H and O–H groups in total. The Labute approximate surface area is 173 Å². The first kappa shape index (κ1) is 21.9. The summed E-state index contributed by atoms with van der Waals surface area (Å²) in [6, 6.07) is 8.84. The number of anilines is 1. The third-order valence-electron chi connectivity index (χ3n) is 4.12. The predicted octanol–water partition coefficient (Wildman–Crippen LogP) is 1.21. The Bertz CT molecular complexity index is 1070. The lowest BCUT2D eigenvalue weighted by molar-refractivity contribution is -0.114. The van der Waals surface area contributed by atoms with Gasteiger partial charge in [-0.2, -0.15) is 4.31 Å². The van der Waals surface area contributed by atoms with Gasteiger partial charge >= 0.3 is 0 Å². The molecule has 0 radical (unpaired) electrons.